The highest BCUT2D eigenvalue weighted by molar-refractivity contribution is 6.33. The molecule has 1 aromatic rings. The molecule has 2 rings (SSSR count). The molecule has 1 fully saturated rings. The second-order valence-corrected chi connectivity index (χ2v) is 5.22. The van der Waals surface area contributed by atoms with Crippen LogP contribution in [0.2, 0.25) is 5.02 Å². The summed E-state index contributed by atoms with van der Waals surface area (Å²) in [7, 11) is 0. The minimum Gasteiger partial charge on any atom is -0.398 e. The lowest BCUT2D eigenvalue weighted by molar-refractivity contribution is 0.0827. The smallest absolute Gasteiger partial charge is 0.251 e. The maximum Gasteiger partial charge on any atom is 0.251 e. The molecule has 1 saturated heterocycles. The van der Waals surface area contributed by atoms with Gasteiger partial charge < -0.3 is 15.8 Å². The standard InChI is InChI=1S/C14H19ClN2O2/c1-2-13-10(5-6-19-13)8-17-14(18)9-3-4-11(15)12(16)7-9/h3-4,7,10,13H,2,5-6,8,16H2,1H3,(H,17,18). The van der Waals surface area contributed by atoms with E-state index in [2.05, 4.69) is 12.2 Å². The summed E-state index contributed by atoms with van der Waals surface area (Å²) in [5.41, 5.74) is 6.65. The number of amides is 1. The number of nitrogens with one attached hydrogen (secondary N) is 1. The summed E-state index contributed by atoms with van der Waals surface area (Å²) < 4.78 is 5.60. The summed E-state index contributed by atoms with van der Waals surface area (Å²) in [6, 6.07) is 4.91. The minimum atomic E-state index is -0.120. The molecule has 3 N–H and O–H groups in total. The van der Waals surface area contributed by atoms with Crippen molar-refractivity contribution in [2.45, 2.75) is 25.9 Å². The lowest BCUT2D eigenvalue weighted by Gasteiger charge is -2.17. The van der Waals surface area contributed by atoms with Crippen LogP contribution in [0, 0.1) is 5.92 Å². The number of benzene rings is 1. The average molecular weight is 283 g/mol. The molecule has 2 atom stereocenters. The van der Waals surface area contributed by atoms with Crippen molar-refractivity contribution in [1.82, 2.24) is 5.32 Å². The topological polar surface area (TPSA) is 64.3 Å². The van der Waals surface area contributed by atoms with Crippen molar-refractivity contribution in [2.24, 2.45) is 5.92 Å². The third kappa shape index (κ3) is 3.39. The molecule has 1 amide bonds. The summed E-state index contributed by atoms with van der Waals surface area (Å²) in [4.78, 5) is 12.0. The second kappa shape index (κ2) is 6.26. The van der Waals surface area contributed by atoms with Gasteiger partial charge in [0.05, 0.1) is 16.8 Å². The van der Waals surface area contributed by atoms with Crippen molar-refractivity contribution in [3.05, 3.63) is 28.8 Å². The largest absolute Gasteiger partial charge is 0.398 e. The first-order chi connectivity index (χ1) is 9.11. The Balaban J connectivity index is 1.92. The lowest BCUT2D eigenvalue weighted by atomic mass is 9.99. The number of nitrogen functional groups attached to an aromatic ring is 1. The van der Waals surface area contributed by atoms with Crippen molar-refractivity contribution in [1.29, 1.82) is 0 Å². The Kier molecular flexibility index (Phi) is 4.66. The van der Waals surface area contributed by atoms with Crippen LogP contribution >= 0.6 is 11.6 Å². The van der Waals surface area contributed by atoms with E-state index in [1.807, 2.05) is 0 Å². The summed E-state index contributed by atoms with van der Waals surface area (Å²) in [6.45, 7) is 3.53. The van der Waals surface area contributed by atoms with E-state index in [4.69, 9.17) is 22.1 Å². The van der Waals surface area contributed by atoms with Crippen molar-refractivity contribution in [3.63, 3.8) is 0 Å². The molecule has 1 heterocycles. The molecule has 1 aliphatic heterocycles. The first kappa shape index (κ1) is 14.2. The van der Waals surface area contributed by atoms with Crippen LogP contribution in [0.3, 0.4) is 0 Å². The Hall–Kier alpha value is -1.26. The van der Waals surface area contributed by atoms with Gasteiger partial charge in [-0.15, -0.1) is 0 Å². The maximum absolute atomic E-state index is 12.0. The number of carbonyl (C=O) groups is 1. The van der Waals surface area contributed by atoms with E-state index in [0.29, 0.717) is 28.7 Å². The van der Waals surface area contributed by atoms with Gasteiger partial charge in [-0.1, -0.05) is 18.5 Å². The second-order valence-electron chi connectivity index (χ2n) is 4.81. The van der Waals surface area contributed by atoms with Crippen molar-refractivity contribution in [2.75, 3.05) is 18.9 Å². The van der Waals surface area contributed by atoms with E-state index in [9.17, 15) is 4.79 Å². The normalized spacial score (nSPS) is 22.4. The number of anilines is 1. The maximum atomic E-state index is 12.0. The van der Waals surface area contributed by atoms with Crippen molar-refractivity contribution < 1.29 is 9.53 Å². The molecule has 0 bridgehead atoms. The molecule has 2 unspecified atom stereocenters. The average Bonchev–Trinajstić information content (AvgIpc) is 2.86. The molecule has 0 aromatic heterocycles. The molecular weight excluding hydrogens is 264 g/mol. The Bertz CT molecular complexity index is 465. The van der Waals surface area contributed by atoms with Gasteiger partial charge in [0, 0.05) is 24.6 Å². The number of ether oxygens (including phenoxy) is 1. The number of carbonyl (C=O) groups excluding carboxylic acids is 1. The van der Waals surface area contributed by atoms with Crippen LogP contribution in [0.4, 0.5) is 5.69 Å². The SMILES string of the molecule is CCC1OCCC1CNC(=O)c1ccc(Cl)c(N)c1. The van der Waals surface area contributed by atoms with Crippen LogP contribution in [0.1, 0.15) is 30.1 Å². The van der Waals surface area contributed by atoms with Gasteiger partial charge in [0.15, 0.2) is 0 Å². The van der Waals surface area contributed by atoms with Crippen LogP contribution < -0.4 is 11.1 Å². The fraction of sp³-hybridized carbons (Fsp3) is 0.500. The Labute approximate surface area is 118 Å². The third-order valence-electron chi connectivity index (χ3n) is 3.53. The van der Waals surface area contributed by atoms with Gasteiger partial charge in [0.25, 0.3) is 5.91 Å². The molecule has 0 radical (unpaired) electrons. The number of rotatable bonds is 4. The zero-order chi connectivity index (χ0) is 13.8. The van der Waals surface area contributed by atoms with Crippen LogP contribution in [0.15, 0.2) is 18.2 Å². The Morgan fingerprint density at radius 2 is 2.37 bits per heavy atom. The van der Waals surface area contributed by atoms with E-state index >= 15 is 0 Å². The molecular formula is C14H19ClN2O2. The molecule has 5 heteroatoms. The summed E-state index contributed by atoms with van der Waals surface area (Å²) >= 11 is 5.83. The zero-order valence-corrected chi connectivity index (χ0v) is 11.7. The van der Waals surface area contributed by atoms with Crippen LogP contribution in [-0.2, 0) is 4.74 Å². The molecule has 1 aromatic carbocycles. The molecule has 0 spiro atoms. The highest BCUT2D eigenvalue weighted by atomic mass is 35.5. The highest BCUT2D eigenvalue weighted by Crippen LogP contribution is 2.23. The van der Waals surface area contributed by atoms with Crippen LogP contribution in [0.5, 0.6) is 0 Å². The van der Waals surface area contributed by atoms with Gasteiger partial charge in [0.2, 0.25) is 0 Å². The van der Waals surface area contributed by atoms with Crippen molar-refractivity contribution in [3.8, 4) is 0 Å². The van der Waals surface area contributed by atoms with E-state index in [0.717, 1.165) is 19.4 Å². The summed E-state index contributed by atoms with van der Waals surface area (Å²) in [5.74, 6) is 0.281. The number of hydrogen-bond donors (Lipinski definition) is 2. The van der Waals surface area contributed by atoms with Gasteiger partial charge in [-0.25, -0.2) is 0 Å². The lowest BCUT2D eigenvalue weighted by Crippen LogP contribution is -2.32. The molecule has 4 nitrogen and oxygen atoms in total. The number of hydrogen-bond acceptors (Lipinski definition) is 3. The quantitative estimate of drug-likeness (QED) is 0.834. The van der Waals surface area contributed by atoms with Gasteiger partial charge in [-0.3, -0.25) is 4.79 Å². The number of nitrogens with two attached hydrogens (primary N) is 1. The molecule has 19 heavy (non-hydrogen) atoms. The van der Waals surface area contributed by atoms with Gasteiger partial charge in [-0.2, -0.15) is 0 Å². The van der Waals surface area contributed by atoms with E-state index in [1.54, 1.807) is 18.2 Å². The molecule has 0 saturated carbocycles. The molecule has 104 valence electrons. The number of halogens is 1. The highest BCUT2D eigenvalue weighted by Gasteiger charge is 2.26. The fourth-order valence-corrected chi connectivity index (χ4v) is 2.51. The molecule has 0 aliphatic carbocycles. The predicted octanol–water partition coefficient (Wildman–Crippen LogP) is 2.47. The van der Waals surface area contributed by atoms with Gasteiger partial charge >= 0.3 is 0 Å². The van der Waals surface area contributed by atoms with E-state index in [1.165, 1.54) is 0 Å². The first-order valence-corrected chi connectivity index (χ1v) is 6.94. The monoisotopic (exact) mass is 282 g/mol. The summed E-state index contributed by atoms with van der Waals surface area (Å²) in [5, 5.41) is 3.40. The first-order valence-electron chi connectivity index (χ1n) is 6.56. The van der Waals surface area contributed by atoms with Gasteiger partial charge in [0.1, 0.15) is 0 Å². The third-order valence-corrected chi connectivity index (χ3v) is 3.88. The van der Waals surface area contributed by atoms with E-state index in [-0.39, 0.29) is 12.0 Å². The Morgan fingerprint density at radius 3 is 3.05 bits per heavy atom. The summed E-state index contributed by atoms with van der Waals surface area (Å²) in [6.07, 6.45) is 2.24. The Morgan fingerprint density at radius 1 is 1.58 bits per heavy atom. The van der Waals surface area contributed by atoms with Crippen molar-refractivity contribution >= 4 is 23.2 Å². The minimum absolute atomic E-state index is 0.120. The van der Waals surface area contributed by atoms with E-state index < -0.39 is 0 Å². The zero-order valence-electron chi connectivity index (χ0n) is 11.0. The fourth-order valence-electron chi connectivity index (χ4n) is 2.39. The molecule has 1 aliphatic rings. The van der Waals surface area contributed by atoms with Crippen LogP contribution in [0.25, 0.3) is 0 Å². The predicted molar refractivity (Wildman–Crippen MR) is 76.3 cm³/mol. The van der Waals surface area contributed by atoms with Crippen LogP contribution in [-0.4, -0.2) is 25.2 Å². The van der Waals surface area contributed by atoms with Gasteiger partial charge in [-0.05, 0) is 31.0 Å².